The fraction of sp³-hybridized carbons (Fsp3) is 0.357. The lowest BCUT2D eigenvalue weighted by Gasteiger charge is -2.07. The van der Waals surface area contributed by atoms with Crippen LogP contribution in [0.3, 0.4) is 0 Å². The highest BCUT2D eigenvalue weighted by molar-refractivity contribution is 5.75. The van der Waals surface area contributed by atoms with Crippen LogP contribution in [0.5, 0.6) is 0 Å². The van der Waals surface area contributed by atoms with Crippen molar-refractivity contribution in [3.63, 3.8) is 0 Å². The fourth-order valence-electron chi connectivity index (χ4n) is 1.79. The van der Waals surface area contributed by atoms with E-state index in [1.165, 1.54) is 0 Å². The number of carbonyl (C=O) groups is 1. The highest BCUT2D eigenvalue weighted by Gasteiger charge is 2.00. The maximum atomic E-state index is 11.6. The Morgan fingerprint density at radius 1 is 1.25 bits per heavy atom. The van der Waals surface area contributed by atoms with Gasteiger partial charge in [0.25, 0.3) is 0 Å². The minimum absolute atomic E-state index is 0.0768. The molecule has 0 saturated carbocycles. The van der Waals surface area contributed by atoms with E-state index >= 15 is 0 Å². The Morgan fingerprint density at radius 3 is 2.95 bits per heavy atom. The Bertz CT molecular complexity index is 498. The first-order chi connectivity index (χ1) is 9.84. The van der Waals surface area contributed by atoms with Crippen molar-refractivity contribution in [2.45, 2.75) is 19.4 Å². The van der Waals surface area contributed by atoms with E-state index in [2.05, 4.69) is 20.6 Å². The number of hydrogen-bond donors (Lipinski definition) is 2. The molecular formula is C14H19N5O. The van der Waals surface area contributed by atoms with Crippen LogP contribution in [0.25, 0.3) is 0 Å². The second-order valence-corrected chi connectivity index (χ2v) is 4.40. The van der Waals surface area contributed by atoms with Crippen molar-refractivity contribution in [3.05, 3.63) is 43.1 Å². The van der Waals surface area contributed by atoms with Crippen LogP contribution in [-0.2, 0) is 11.3 Å². The summed E-state index contributed by atoms with van der Waals surface area (Å²) in [4.78, 5) is 19.7. The van der Waals surface area contributed by atoms with Crippen molar-refractivity contribution >= 4 is 11.7 Å². The van der Waals surface area contributed by atoms with Crippen LogP contribution in [0, 0.1) is 0 Å². The average molecular weight is 273 g/mol. The summed E-state index contributed by atoms with van der Waals surface area (Å²) in [6, 6.07) is 5.68. The minimum atomic E-state index is 0.0768. The quantitative estimate of drug-likeness (QED) is 0.711. The summed E-state index contributed by atoms with van der Waals surface area (Å²) in [7, 11) is 0. The highest BCUT2D eigenvalue weighted by Crippen LogP contribution is 1.98. The topological polar surface area (TPSA) is 71.8 Å². The van der Waals surface area contributed by atoms with Crippen LogP contribution in [0.15, 0.2) is 43.1 Å². The Kier molecular flexibility index (Phi) is 5.57. The summed E-state index contributed by atoms with van der Waals surface area (Å²) in [6.07, 6.45) is 8.47. The molecule has 2 rings (SSSR count). The number of nitrogens with zero attached hydrogens (tertiary/aromatic N) is 3. The van der Waals surface area contributed by atoms with Gasteiger partial charge in [0.1, 0.15) is 5.82 Å². The smallest absolute Gasteiger partial charge is 0.220 e. The molecule has 0 fully saturated rings. The molecule has 0 spiro atoms. The zero-order valence-corrected chi connectivity index (χ0v) is 11.3. The Labute approximate surface area is 118 Å². The normalized spacial score (nSPS) is 10.2. The maximum absolute atomic E-state index is 11.6. The largest absolute Gasteiger partial charge is 0.368 e. The highest BCUT2D eigenvalue weighted by atomic mass is 16.1. The number of carbonyl (C=O) groups excluding carboxylic acids is 1. The molecule has 6 heteroatoms. The standard InChI is InChI=1S/C14H19N5O/c20-14(5-3-10-19-11-9-15-12-19)18-8-7-17-13-4-1-2-6-16-13/h1-2,4,6,9,11-12H,3,5,7-8,10H2,(H,16,17)(H,18,20). The van der Waals surface area contributed by atoms with Gasteiger partial charge in [0.2, 0.25) is 5.91 Å². The van der Waals surface area contributed by atoms with E-state index in [-0.39, 0.29) is 5.91 Å². The van der Waals surface area contributed by atoms with Gasteiger partial charge in [0.05, 0.1) is 6.33 Å². The van der Waals surface area contributed by atoms with E-state index in [0.29, 0.717) is 19.5 Å². The van der Waals surface area contributed by atoms with Crippen LogP contribution in [0.4, 0.5) is 5.82 Å². The lowest BCUT2D eigenvalue weighted by atomic mass is 10.3. The summed E-state index contributed by atoms with van der Waals surface area (Å²) in [5.41, 5.74) is 0. The van der Waals surface area contributed by atoms with Gasteiger partial charge in [0.15, 0.2) is 0 Å². The Balaban J connectivity index is 1.52. The van der Waals surface area contributed by atoms with Crippen molar-refractivity contribution in [1.82, 2.24) is 19.9 Å². The molecule has 0 unspecified atom stereocenters. The molecule has 2 heterocycles. The van der Waals surface area contributed by atoms with Gasteiger partial charge < -0.3 is 15.2 Å². The Morgan fingerprint density at radius 2 is 2.20 bits per heavy atom. The molecule has 0 atom stereocenters. The van der Waals surface area contributed by atoms with Gasteiger partial charge in [-0.25, -0.2) is 9.97 Å². The molecule has 0 aromatic carbocycles. The molecule has 1 amide bonds. The summed E-state index contributed by atoms with van der Waals surface area (Å²) in [6.45, 7) is 2.09. The molecular weight excluding hydrogens is 254 g/mol. The van der Waals surface area contributed by atoms with Crippen molar-refractivity contribution in [2.75, 3.05) is 18.4 Å². The number of rotatable bonds is 8. The van der Waals surface area contributed by atoms with E-state index in [4.69, 9.17) is 0 Å². The van der Waals surface area contributed by atoms with Gasteiger partial charge >= 0.3 is 0 Å². The number of aromatic nitrogens is 3. The molecule has 2 aromatic heterocycles. The SMILES string of the molecule is O=C(CCCn1ccnc1)NCCNc1ccccn1. The number of nitrogens with one attached hydrogen (secondary N) is 2. The molecule has 0 radical (unpaired) electrons. The lowest BCUT2D eigenvalue weighted by molar-refractivity contribution is -0.121. The number of pyridine rings is 1. The predicted molar refractivity (Wildman–Crippen MR) is 77.2 cm³/mol. The third kappa shape index (κ3) is 5.09. The Hall–Kier alpha value is -2.37. The summed E-state index contributed by atoms with van der Waals surface area (Å²) in [5.74, 6) is 0.898. The van der Waals surface area contributed by atoms with E-state index < -0.39 is 0 Å². The molecule has 2 aromatic rings. The molecule has 2 N–H and O–H groups in total. The van der Waals surface area contributed by atoms with Crippen LogP contribution in [0.1, 0.15) is 12.8 Å². The first-order valence-corrected chi connectivity index (χ1v) is 6.72. The number of anilines is 1. The van der Waals surface area contributed by atoms with Gasteiger partial charge in [-0.15, -0.1) is 0 Å². The van der Waals surface area contributed by atoms with Crippen LogP contribution in [-0.4, -0.2) is 33.5 Å². The second-order valence-electron chi connectivity index (χ2n) is 4.40. The third-order valence-electron chi connectivity index (χ3n) is 2.80. The van der Waals surface area contributed by atoms with E-state index in [9.17, 15) is 4.79 Å². The second kappa shape index (κ2) is 7.93. The third-order valence-corrected chi connectivity index (χ3v) is 2.80. The van der Waals surface area contributed by atoms with Gasteiger partial charge in [-0.3, -0.25) is 4.79 Å². The van der Waals surface area contributed by atoms with Gasteiger partial charge in [-0.2, -0.15) is 0 Å². The number of amides is 1. The first kappa shape index (κ1) is 14.0. The molecule has 20 heavy (non-hydrogen) atoms. The van der Waals surface area contributed by atoms with Crippen LogP contribution >= 0.6 is 0 Å². The molecule has 0 bridgehead atoms. The van der Waals surface area contributed by atoms with Gasteiger partial charge in [-0.05, 0) is 18.6 Å². The van der Waals surface area contributed by atoms with Crippen molar-refractivity contribution in [1.29, 1.82) is 0 Å². The number of aryl methyl sites for hydroxylation is 1. The predicted octanol–water partition coefficient (Wildman–Crippen LogP) is 1.29. The molecule has 0 aliphatic rings. The summed E-state index contributed by atoms with van der Waals surface area (Å²) in [5, 5.41) is 6.02. The zero-order valence-electron chi connectivity index (χ0n) is 11.3. The van der Waals surface area contributed by atoms with E-state index in [1.807, 2.05) is 29.0 Å². The van der Waals surface area contributed by atoms with Gasteiger partial charge in [0, 0.05) is 44.6 Å². The zero-order chi connectivity index (χ0) is 14.0. The molecule has 6 nitrogen and oxygen atoms in total. The van der Waals surface area contributed by atoms with Crippen molar-refractivity contribution in [3.8, 4) is 0 Å². The van der Waals surface area contributed by atoms with E-state index in [0.717, 1.165) is 18.8 Å². The molecule has 0 saturated heterocycles. The fourth-order valence-corrected chi connectivity index (χ4v) is 1.79. The average Bonchev–Trinajstić information content (AvgIpc) is 2.98. The minimum Gasteiger partial charge on any atom is -0.368 e. The van der Waals surface area contributed by atoms with Crippen LogP contribution < -0.4 is 10.6 Å². The maximum Gasteiger partial charge on any atom is 0.220 e. The number of hydrogen-bond acceptors (Lipinski definition) is 4. The summed E-state index contributed by atoms with van der Waals surface area (Å²) >= 11 is 0. The summed E-state index contributed by atoms with van der Waals surface area (Å²) < 4.78 is 1.97. The van der Waals surface area contributed by atoms with Crippen LogP contribution in [0.2, 0.25) is 0 Å². The van der Waals surface area contributed by atoms with Crippen molar-refractivity contribution < 1.29 is 4.79 Å². The lowest BCUT2D eigenvalue weighted by Crippen LogP contribution is -2.28. The van der Waals surface area contributed by atoms with Crippen molar-refractivity contribution in [2.24, 2.45) is 0 Å². The number of imidazole rings is 1. The molecule has 106 valence electrons. The molecule has 0 aliphatic carbocycles. The van der Waals surface area contributed by atoms with Gasteiger partial charge in [-0.1, -0.05) is 6.07 Å². The molecule has 0 aliphatic heterocycles. The first-order valence-electron chi connectivity index (χ1n) is 6.72. The van der Waals surface area contributed by atoms with E-state index in [1.54, 1.807) is 18.7 Å². The monoisotopic (exact) mass is 273 g/mol.